The molecule has 0 unspecified atom stereocenters. The van der Waals surface area contributed by atoms with Gasteiger partial charge in [-0.1, -0.05) is 0 Å². The number of nitrogens with zero attached hydrogens (tertiary/aromatic N) is 2. The van der Waals surface area contributed by atoms with Crippen molar-refractivity contribution < 1.29 is 0 Å². The van der Waals surface area contributed by atoms with Crippen LogP contribution in [0.1, 0.15) is 0 Å². The highest BCUT2D eigenvalue weighted by atomic mass is 16.1. The molecular formula is C7H7N5O. The standard InChI is InChI=1S/C7H7N5O/c8-4-3-9-7(13)11-6(4)5-1-2-10-12-5/h1-3H,8H2,(H,10,12)(H,9,11,13). The summed E-state index contributed by atoms with van der Waals surface area (Å²) in [5, 5.41) is 6.44. The molecule has 0 amide bonds. The summed E-state index contributed by atoms with van der Waals surface area (Å²) in [5.41, 5.74) is 6.75. The molecule has 0 spiro atoms. The Hall–Kier alpha value is -2.11. The first-order chi connectivity index (χ1) is 6.27. The highest BCUT2D eigenvalue weighted by molar-refractivity contribution is 5.67. The zero-order valence-corrected chi connectivity index (χ0v) is 6.61. The molecule has 6 heteroatoms. The summed E-state index contributed by atoms with van der Waals surface area (Å²) < 4.78 is 0. The predicted octanol–water partition coefficient (Wildman–Crippen LogP) is -0.258. The molecule has 0 fully saturated rings. The van der Waals surface area contributed by atoms with E-state index in [2.05, 4.69) is 20.2 Å². The lowest BCUT2D eigenvalue weighted by molar-refractivity contribution is 1.05. The number of hydrogen-bond donors (Lipinski definition) is 3. The lowest BCUT2D eigenvalue weighted by atomic mass is 10.3. The van der Waals surface area contributed by atoms with Gasteiger partial charge in [-0.3, -0.25) is 5.10 Å². The molecule has 2 rings (SSSR count). The van der Waals surface area contributed by atoms with Crippen molar-refractivity contribution in [2.45, 2.75) is 0 Å². The number of nitrogen functional groups attached to an aromatic ring is 1. The quantitative estimate of drug-likeness (QED) is 0.558. The zero-order valence-electron chi connectivity index (χ0n) is 6.61. The summed E-state index contributed by atoms with van der Waals surface area (Å²) in [6.45, 7) is 0. The fraction of sp³-hybridized carbons (Fsp3) is 0. The van der Waals surface area contributed by atoms with Crippen LogP contribution in [0.2, 0.25) is 0 Å². The molecule has 0 bridgehead atoms. The van der Waals surface area contributed by atoms with E-state index in [1.807, 2.05) is 0 Å². The summed E-state index contributed by atoms with van der Waals surface area (Å²) in [6, 6.07) is 1.71. The van der Waals surface area contributed by atoms with Crippen LogP contribution in [0.25, 0.3) is 11.4 Å². The van der Waals surface area contributed by atoms with Crippen LogP contribution in [-0.4, -0.2) is 20.2 Å². The molecule has 2 aromatic rings. The Morgan fingerprint density at radius 3 is 3.00 bits per heavy atom. The molecule has 13 heavy (non-hydrogen) atoms. The minimum atomic E-state index is -0.432. The number of rotatable bonds is 1. The van der Waals surface area contributed by atoms with E-state index in [1.165, 1.54) is 6.20 Å². The van der Waals surface area contributed by atoms with Crippen molar-refractivity contribution in [3.63, 3.8) is 0 Å². The van der Waals surface area contributed by atoms with E-state index in [0.717, 1.165) is 0 Å². The van der Waals surface area contributed by atoms with E-state index in [4.69, 9.17) is 5.73 Å². The third-order valence-corrected chi connectivity index (χ3v) is 1.61. The van der Waals surface area contributed by atoms with Crippen LogP contribution in [0.4, 0.5) is 5.69 Å². The molecule has 6 nitrogen and oxygen atoms in total. The summed E-state index contributed by atoms with van der Waals surface area (Å²) in [5.74, 6) is 0. The topological polar surface area (TPSA) is 100 Å². The second kappa shape index (κ2) is 2.74. The van der Waals surface area contributed by atoms with Gasteiger partial charge in [-0.15, -0.1) is 0 Å². The fourth-order valence-electron chi connectivity index (χ4n) is 1.02. The maximum Gasteiger partial charge on any atom is 0.345 e. The molecule has 4 N–H and O–H groups in total. The molecular weight excluding hydrogens is 170 g/mol. The average molecular weight is 177 g/mol. The van der Waals surface area contributed by atoms with Crippen LogP contribution in [0.15, 0.2) is 23.3 Å². The van der Waals surface area contributed by atoms with Gasteiger partial charge in [0.15, 0.2) is 0 Å². The molecule has 66 valence electrons. The second-order valence-electron chi connectivity index (χ2n) is 2.49. The number of hydrogen-bond acceptors (Lipinski definition) is 4. The number of nitrogens with one attached hydrogen (secondary N) is 2. The number of aromatic nitrogens is 4. The highest BCUT2D eigenvalue weighted by Gasteiger charge is 2.04. The number of nitrogens with two attached hydrogens (primary N) is 1. The van der Waals surface area contributed by atoms with Crippen LogP contribution < -0.4 is 11.4 Å². The Labute approximate surface area is 72.8 Å². The van der Waals surface area contributed by atoms with Crippen molar-refractivity contribution in [2.24, 2.45) is 0 Å². The molecule has 0 atom stereocenters. The van der Waals surface area contributed by atoms with Gasteiger partial charge < -0.3 is 10.7 Å². The van der Waals surface area contributed by atoms with Gasteiger partial charge in [0, 0.05) is 6.20 Å². The maximum absolute atomic E-state index is 10.9. The third kappa shape index (κ3) is 1.28. The van der Waals surface area contributed by atoms with Gasteiger partial charge in [0.1, 0.15) is 0 Å². The molecule has 0 saturated carbocycles. The number of anilines is 1. The van der Waals surface area contributed by atoms with Gasteiger partial charge in [0.2, 0.25) is 0 Å². The summed E-state index contributed by atoms with van der Waals surface area (Å²) in [6.07, 6.45) is 2.89. The number of aromatic amines is 2. The molecule has 0 saturated heterocycles. The lowest BCUT2D eigenvalue weighted by Gasteiger charge is -1.99. The molecule has 2 heterocycles. The van der Waals surface area contributed by atoms with Crippen molar-refractivity contribution in [1.82, 2.24) is 20.2 Å². The van der Waals surface area contributed by atoms with E-state index in [1.54, 1.807) is 12.3 Å². The normalized spacial score (nSPS) is 10.2. The summed E-state index contributed by atoms with van der Waals surface area (Å²) in [4.78, 5) is 16.9. The van der Waals surface area contributed by atoms with Crippen molar-refractivity contribution >= 4 is 5.69 Å². The minimum absolute atomic E-state index is 0.406. The smallest absolute Gasteiger partial charge is 0.345 e. The first-order valence-corrected chi connectivity index (χ1v) is 3.62. The SMILES string of the molecule is Nc1cnc(=O)[nH]c1-c1ccn[nH]1. The molecule has 2 aromatic heterocycles. The highest BCUT2D eigenvalue weighted by Crippen LogP contribution is 2.17. The summed E-state index contributed by atoms with van der Waals surface area (Å²) in [7, 11) is 0. The Kier molecular flexibility index (Phi) is 1.59. The van der Waals surface area contributed by atoms with Crippen molar-refractivity contribution in [3.8, 4) is 11.4 Å². The molecule has 0 aromatic carbocycles. The van der Waals surface area contributed by atoms with Gasteiger partial charge in [0.05, 0.1) is 23.3 Å². The summed E-state index contributed by atoms with van der Waals surface area (Å²) >= 11 is 0. The first kappa shape index (κ1) is 7.53. The van der Waals surface area contributed by atoms with Crippen LogP contribution in [0.5, 0.6) is 0 Å². The van der Waals surface area contributed by atoms with Gasteiger partial charge >= 0.3 is 5.69 Å². The van der Waals surface area contributed by atoms with Gasteiger partial charge in [-0.2, -0.15) is 10.1 Å². The van der Waals surface area contributed by atoms with Crippen LogP contribution >= 0.6 is 0 Å². The second-order valence-corrected chi connectivity index (χ2v) is 2.49. The van der Waals surface area contributed by atoms with Crippen molar-refractivity contribution in [3.05, 3.63) is 28.9 Å². The average Bonchev–Trinajstić information content (AvgIpc) is 2.61. The first-order valence-electron chi connectivity index (χ1n) is 3.62. The Balaban J connectivity index is 2.64. The third-order valence-electron chi connectivity index (χ3n) is 1.61. The molecule has 0 radical (unpaired) electrons. The van der Waals surface area contributed by atoms with E-state index < -0.39 is 5.69 Å². The van der Waals surface area contributed by atoms with Crippen molar-refractivity contribution in [1.29, 1.82) is 0 Å². The fourth-order valence-corrected chi connectivity index (χ4v) is 1.02. The van der Waals surface area contributed by atoms with Gasteiger partial charge in [0.25, 0.3) is 0 Å². The monoisotopic (exact) mass is 177 g/mol. The van der Waals surface area contributed by atoms with E-state index >= 15 is 0 Å². The zero-order chi connectivity index (χ0) is 9.26. The van der Waals surface area contributed by atoms with Gasteiger partial charge in [-0.05, 0) is 6.07 Å². The van der Waals surface area contributed by atoms with E-state index in [0.29, 0.717) is 17.1 Å². The number of H-pyrrole nitrogens is 2. The van der Waals surface area contributed by atoms with E-state index in [9.17, 15) is 4.79 Å². The Bertz CT molecular complexity index is 458. The van der Waals surface area contributed by atoms with Gasteiger partial charge in [-0.25, -0.2) is 4.79 Å². The molecule has 0 aliphatic heterocycles. The molecule has 0 aliphatic rings. The van der Waals surface area contributed by atoms with Crippen molar-refractivity contribution in [2.75, 3.05) is 5.73 Å². The van der Waals surface area contributed by atoms with Crippen LogP contribution in [0.3, 0.4) is 0 Å². The van der Waals surface area contributed by atoms with Crippen LogP contribution in [0, 0.1) is 0 Å². The Morgan fingerprint density at radius 2 is 2.31 bits per heavy atom. The minimum Gasteiger partial charge on any atom is -0.396 e. The van der Waals surface area contributed by atoms with E-state index in [-0.39, 0.29) is 0 Å². The van der Waals surface area contributed by atoms with Crippen LogP contribution in [-0.2, 0) is 0 Å². The largest absolute Gasteiger partial charge is 0.396 e. The Morgan fingerprint density at radius 1 is 1.46 bits per heavy atom. The maximum atomic E-state index is 10.9. The lowest BCUT2D eigenvalue weighted by Crippen LogP contribution is -2.12. The molecule has 0 aliphatic carbocycles. The predicted molar refractivity (Wildman–Crippen MR) is 46.9 cm³/mol.